The van der Waals surface area contributed by atoms with Crippen molar-refractivity contribution in [3.05, 3.63) is 24.3 Å². The quantitative estimate of drug-likeness (QED) is 0.294. The highest BCUT2D eigenvalue weighted by molar-refractivity contribution is 14.0. The van der Waals surface area contributed by atoms with E-state index in [9.17, 15) is 0 Å². The molecule has 2 aliphatic heterocycles. The molecule has 0 aromatic carbocycles. The molecule has 1 saturated heterocycles. The molecule has 26 heavy (non-hydrogen) atoms. The second-order valence-corrected chi connectivity index (χ2v) is 7.14. The van der Waals surface area contributed by atoms with E-state index in [0.29, 0.717) is 12.0 Å². The Morgan fingerprint density at radius 3 is 2.77 bits per heavy atom. The number of nitrogens with one attached hydrogen (secondary N) is 2. The molecule has 0 amide bonds. The van der Waals surface area contributed by atoms with Crippen molar-refractivity contribution in [1.82, 2.24) is 30.3 Å². The zero-order valence-electron chi connectivity index (χ0n) is 15.9. The Morgan fingerprint density at radius 2 is 2.08 bits per heavy atom. The summed E-state index contributed by atoms with van der Waals surface area (Å²) < 4.78 is 2.25. The first kappa shape index (κ1) is 21.1. The third kappa shape index (κ3) is 5.42. The lowest BCUT2D eigenvalue weighted by molar-refractivity contribution is 0.225. The topological polar surface area (TPSA) is 70.4 Å². The molecule has 0 saturated carbocycles. The molecular formula is C18H32IN7. The van der Waals surface area contributed by atoms with Gasteiger partial charge in [0.1, 0.15) is 11.6 Å². The van der Waals surface area contributed by atoms with Gasteiger partial charge in [-0.25, -0.2) is 0 Å². The van der Waals surface area contributed by atoms with Crippen molar-refractivity contribution in [3.8, 4) is 0 Å². The van der Waals surface area contributed by atoms with Crippen molar-refractivity contribution in [2.45, 2.75) is 45.2 Å². The first-order chi connectivity index (χ1) is 12.2. The van der Waals surface area contributed by atoms with Crippen LogP contribution in [0.3, 0.4) is 0 Å². The van der Waals surface area contributed by atoms with E-state index in [1.54, 1.807) is 0 Å². The van der Waals surface area contributed by atoms with Gasteiger partial charge in [-0.05, 0) is 32.1 Å². The molecule has 3 rings (SSSR count). The van der Waals surface area contributed by atoms with Gasteiger partial charge in [0, 0.05) is 52.2 Å². The number of nitrogens with zero attached hydrogens (tertiary/aromatic N) is 5. The lowest BCUT2D eigenvalue weighted by atomic mass is 9.99. The van der Waals surface area contributed by atoms with Gasteiger partial charge in [-0.3, -0.25) is 9.89 Å². The summed E-state index contributed by atoms with van der Waals surface area (Å²) in [7, 11) is 1.85. The first-order valence-electron chi connectivity index (χ1n) is 9.38. The van der Waals surface area contributed by atoms with Gasteiger partial charge in [0.2, 0.25) is 0 Å². The number of fused-ring (bicyclic) bond motifs is 1. The predicted octanol–water partition coefficient (Wildman–Crippen LogP) is 1.58. The van der Waals surface area contributed by atoms with Gasteiger partial charge in [0.25, 0.3) is 0 Å². The van der Waals surface area contributed by atoms with Crippen molar-refractivity contribution >= 4 is 29.9 Å². The number of aryl methyl sites for hydroxylation is 2. The average molecular weight is 473 g/mol. The second kappa shape index (κ2) is 10.2. The number of rotatable bonds is 5. The van der Waals surface area contributed by atoms with Crippen molar-refractivity contribution < 1.29 is 0 Å². The first-order valence-corrected chi connectivity index (χ1v) is 9.38. The zero-order chi connectivity index (χ0) is 17.6. The lowest BCUT2D eigenvalue weighted by Gasteiger charge is -2.32. The Morgan fingerprint density at radius 1 is 1.31 bits per heavy atom. The number of aromatic nitrogens is 3. The van der Waals surface area contributed by atoms with Crippen LogP contribution in [0, 0.1) is 12.8 Å². The fraction of sp³-hybridized carbons (Fsp3) is 0.722. The fourth-order valence-corrected chi connectivity index (χ4v) is 3.77. The minimum atomic E-state index is 0. The number of likely N-dealkylation sites (tertiary alicyclic amines) is 1. The normalized spacial score (nSPS) is 21.6. The minimum Gasteiger partial charge on any atom is -0.356 e. The molecule has 0 radical (unpaired) electrons. The Balaban J connectivity index is 0.00000243. The van der Waals surface area contributed by atoms with E-state index in [0.717, 1.165) is 76.0 Å². The monoisotopic (exact) mass is 473 g/mol. The third-order valence-corrected chi connectivity index (χ3v) is 5.33. The van der Waals surface area contributed by atoms with Gasteiger partial charge in [-0.2, -0.15) is 0 Å². The molecule has 1 aromatic heterocycles. The van der Waals surface area contributed by atoms with Crippen LogP contribution in [-0.4, -0.2) is 64.9 Å². The summed E-state index contributed by atoms with van der Waals surface area (Å²) >= 11 is 0. The van der Waals surface area contributed by atoms with E-state index in [4.69, 9.17) is 0 Å². The maximum absolute atomic E-state index is 4.41. The summed E-state index contributed by atoms with van der Waals surface area (Å²) in [6, 6.07) is 0.505. The molecule has 8 heteroatoms. The molecule has 1 aromatic rings. The van der Waals surface area contributed by atoms with Crippen LogP contribution >= 0.6 is 24.0 Å². The van der Waals surface area contributed by atoms with Crippen LogP contribution < -0.4 is 10.6 Å². The maximum Gasteiger partial charge on any atom is 0.191 e. The standard InChI is InChI=1S/C18H31N7.HI/c1-4-9-24-10-7-16(8-11-24)21-18(19-3)20-12-15-5-6-17-23-22-14(2)25(17)13-15;/h4,15-16H,1,5-13H2,2-3H3,(H2,19,20,21);1H. The molecule has 146 valence electrons. The Bertz CT molecular complexity index is 605. The molecular weight excluding hydrogens is 441 g/mol. The minimum absolute atomic E-state index is 0. The van der Waals surface area contributed by atoms with Crippen LogP contribution in [0.25, 0.3) is 0 Å². The molecule has 1 atom stereocenters. The van der Waals surface area contributed by atoms with Crippen molar-refractivity contribution in [2.75, 3.05) is 33.2 Å². The molecule has 0 bridgehead atoms. The molecule has 2 N–H and O–H groups in total. The van der Waals surface area contributed by atoms with Crippen LogP contribution in [0.1, 0.15) is 30.9 Å². The zero-order valence-corrected chi connectivity index (χ0v) is 18.3. The van der Waals surface area contributed by atoms with Crippen molar-refractivity contribution in [2.24, 2.45) is 10.9 Å². The van der Waals surface area contributed by atoms with Crippen LogP contribution in [0.2, 0.25) is 0 Å². The molecule has 1 unspecified atom stereocenters. The van der Waals surface area contributed by atoms with E-state index >= 15 is 0 Å². The Hall–Kier alpha value is -1.16. The number of hydrogen-bond acceptors (Lipinski definition) is 4. The van der Waals surface area contributed by atoms with Gasteiger partial charge < -0.3 is 15.2 Å². The number of halogens is 1. The second-order valence-electron chi connectivity index (χ2n) is 7.14. The van der Waals surface area contributed by atoms with E-state index in [-0.39, 0.29) is 24.0 Å². The number of hydrogen-bond donors (Lipinski definition) is 2. The van der Waals surface area contributed by atoms with Gasteiger partial charge in [0.05, 0.1) is 0 Å². The van der Waals surface area contributed by atoms with Crippen LogP contribution in [0.15, 0.2) is 17.6 Å². The summed E-state index contributed by atoms with van der Waals surface area (Å²) in [5, 5.41) is 15.5. The maximum atomic E-state index is 4.41. The van der Waals surface area contributed by atoms with Crippen LogP contribution in [0.4, 0.5) is 0 Å². The highest BCUT2D eigenvalue weighted by atomic mass is 127. The van der Waals surface area contributed by atoms with Gasteiger partial charge in [-0.15, -0.1) is 40.8 Å². The van der Waals surface area contributed by atoms with Gasteiger partial charge in [-0.1, -0.05) is 6.08 Å². The van der Waals surface area contributed by atoms with Gasteiger partial charge in [0.15, 0.2) is 5.96 Å². The molecule has 3 heterocycles. The van der Waals surface area contributed by atoms with Crippen molar-refractivity contribution in [3.63, 3.8) is 0 Å². The number of piperidine rings is 1. The Labute approximate surface area is 173 Å². The molecule has 7 nitrogen and oxygen atoms in total. The summed E-state index contributed by atoms with van der Waals surface area (Å²) in [6.45, 7) is 11.0. The smallest absolute Gasteiger partial charge is 0.191 e. The summed E-state index contributed by atoms with van der Waals surface area (Å²) in [6.07, 6.45) is 6.47. The van der Waals surface area contributed by atoms with E-state index in [1.165, 1.54) is 0 Å². The summed E-state index contributed by atoms with van der Waals surface area (Å²) in [5.74, 6) is 3.67. The third-order valence-electron chi connectivity index (χ3n) is 5.33. The summed E-state index contributed by atoms with van der Waals surface area (Å²) in [4.78, 5) is 6.85. The largest absolute Gasteiger partial charge is 0.356 e. The molecule has 0 aliphatic carbocycles. The van der Waals surface area contributed by atoms with E-state index in [2.05, 4.69) is 41.9 Å². The Kier molecular flexibility index (Phi) is 8.33. The lowest BCUT2D eigenvalue weighted by Crippen LogP contribution is -2.49. The molecule has 2 aliphatic rings. The average Bonchev–Trinajstić information content (AvgIpc) is 3.01. The molecule has 0 spiro atoms. The van der Waals surface area contributed by atoms with Crippen LogP contribution in [0.5, 0.6) is 0 Å². The fourth-order valence-electron chi connectivity index (χ4n) is 3.77. The molecule has 1 fully saturated rings. The summed E-state index contributed by atoms with van der Waals surface area (Å²) in [5.41, 5.74) is 0. The highest BCUT2D eigenvalue weighted by Crippen LogP contribution is 2.19. The predicted molar refractivity (Wildman–Crippen MR) is 116 cm³/mol. The number of guanidine groups is 1. The number of aliphatic imine (C=N–C) groups is 1. The highest BCUT2D eigenvalue weighted by Gasteiger charge is 2.23. The SMILES string of the molecule is C=CCN1CCC(NC(=NC)NCC2CCc3nnc(C)n3C2)CC1.I. The van der Waals surface area contributed by atoms with Crippen molar-refractivity contribution in [1.29, 1.82) is 0 Å². The van der Waals surface area contributed by atoms with Crippen LogP contribution in [-0.2, 0) is 13.0 Å². The van der Waals surface area contributed by atoms with E-state index < -0.39 is 0 Å². The van der Waals surface area contributed by atoms with E-state index in [1.807, 2.05) is 20.0 Å². The van der Waals surface area contributed by atoms with Gasteiger partial charge >= 0.3 is 0 Å².